The maximum atomic E-state index is 13.0. The number of rotatable bonds is 11. The number of sulfone groups is 1. The maximum Gasteiger partial charge on any atom is 0.573 e. The number of halogens is 3. The molecule has 1 fully saturated rings. The van der Waals surface area contributed by atoms with Gasteiger partial charge in [-0.3, -0.25) is 9.59 Å². The summed E-state index contributed by atoms with van der Waals surface area (Å²) in [6.07, 6.45) is 2.10. The first kappa shape index (κ1) is 29.3. The predicted octanol–water partition coefficient (Wildman–Crippen LogP) is 4.29. The zero-order chi connectivity index (χ0) is 27.8. The molecule has 2 aromatic rings. The quantitative estimate of drug-likeness (QED) is 0.357. The molecule has 8 nitrogen and oxygen atoms in total. The summed E-state index contributed by atoms with van der Waals surface area (Å²) in [4.78, 5) is 26.0. The Kier molecular flexibility index (Phi) is 10.0. The molecule has 0 aliphatic heterocycles. The largest absolute Gasteiger partial charge is 0.573 e. The summed E-state index contributed by atoms with van der Waals surface area (Å²) in [6.45, 7) is 0.530. The van der Waals surface area contributed by atoms with Gasteiger partial charge in [-0.05, 0) is 60.9 Å². The summed E-state index contributed by atoms with van der Waals surface area (Å²) in [5.74, 6) is -0.834. The van der Waals surface area contributed by atoms with Crippen molar-refractivity contribution in [3.05, 3.63) is 54.1 Å². The monoisotopic (exact) mass is 555 g/mol. The molecule has 0 heterocycles. The lowest BCUT2D eigenvalue weighted by Crippen LogP contribution is -2.48. The fraction of sp³-hybridized carbons (Fsp3) is 0.462. The third-order valence-electron chi connectivity index (χ3n) is 6.30. The first-order valence-electron chi connectivity index (χ1n) is 12.4. The summed E-state index contributed by atoms with van der Waals surface area (Å²) in [6, 6.07) is 10.0. The average molecular weight is 556 g/mol. The van der Waals surface area contributed by atoms with Crippen LogP contribution in [0.25, 0.3) is 0 Å². The second kappa shape index (κ2) is 13.0. The Bertz CT molecular complexity index is 1180. The Morgan fingerprint density at radius 1 is 0.974 bits per heavy atom. The maximum absolute atomic E-state index is 13.0. The molecule has 0 bridgehead atoms. The van der Waals surface area contributed by atoms with Gasteiger partial charge in [0.2, 0.25) is 5.91 Å². The van der Waals surface area contributed by atoms with Gasteiger partial charge in [0.15, 0.2) is 9.84 Å². The van der Waals surface area contributed by atoms with Gasteiger partial charge in [-0.1, -0.05) is 32.1 Å². The molecule has 1 aliphatic carbocycles. The fourth-order valence-electron chi connectivity index (χ4n) is 4.37. The highest BCUT2D eigenvalue weighted by Gasteiger charge is 2.31. The highest BCUT2D eigenvalue weighted by atomic mass is 32.2. The van der Waals surface area contributed by atoms with Crippen molar-refractivity contribution in [2.24, 2.45) is 5.92 Å². The second-order valence-electron chi connectivity index (χ2n) is 9.35. The summed E-state index contributed by atoms with van der Waals surface area (Å²) >= 11 is 0. The standard InChI is InChI=1S/C26H32F3N3O5S/c1-38(35,36)22-13-7-19(8-14-22)24(33)32-23(17-18-5-3-2-4-6-18)25(34)31-16-15-30-20-9-11-21(12-10-20)37-26(27,28)29/h7-14,18,23,30H,2-6,15-17H2,1H3,(H,31,34)(H,32,33). The van der Waals surface area contributed by atoms with Gasteiger partial charge < -0.3 is 20.7 Å². The minimum Gasteiger partial charge on any atom is -0.406 e. The molecule has 2 amide bonds. The van der Waals surface area contributed by atoms with Gasteiger partial charge in [0.1, 0.15) is 11.8 Å². The van der Waals surface area contributed by atoms with Crippen molar-refractivity contribution in [3.63, 3.8) is 0 Å². The Morgan fingerprint density at radius 2 is 1.61 bits per heavy atom. The van der Waals surface area contributed by atoms with Crippen molar-refractivity contribution in [3.8, 4) is 5.75 Å². The van der Waals surface area contributed by atoms with Crippen LogP contribution in [0.1, 0.15) is 48.9 Å². The molecule has 1 saturated carbocycles. The van der Waals surface area contributed by atoms with Crippen LogP contribution in [0.3, 0.4) is 0 Å². The molecule has 38 heavy (non-hydrogen) atoms. The van der Waals surface area contributed by atoms with E-state index in [-0.39, 0.29) is 28.7 Å². The molecule has 0 spiro atoms. The topological polar surface area (TPSA) is 114 Å². The molecule has 2 aromatic carbocycles. The molecule has 3 rings (SSSR count). The van der Waals surface area contributed by atoms with Crippen molar-refractivity contribution in [2.75, 3.05) is 24.7 Å². The fourth-order valence-corrected chi connectivity index (χ4v) is 5.00. The molecule has 0 radical (unpaired) electrons. The van der Waals surface area contributed by atoms with E-state index in [2.05, 4.69) is 20.7 Å². The number of carbonyl (C=O) groups is 2. The minimum atomic E-state index is -4.76. The lowest BCUT2D eigenvalue weighted by molar-refractivity contribution is -0.274. The van der Waals surface area contributed by atoms with Crippen LogP contribution in [0.2, 0.25) is 0 Å². The van der Waals surface area contributed by atoms with Crippen molar-refractivity contribution >= 4 is 27.3 Å². The zero-order valence-electron chi connectivity index (χ0n) is 21.0. The molecule has 208 valence electrons. The highest BCUT2D eigenvalue weighted by Crippen LogP contribution is 2.28. The highest BCUT2D eigenvalue weighted by molar-refractivity contribution is 7.90. The van der Waals surface area contributed by atoms with E-state index in [4.69, 9.17) is 0 Å². The summed E-state index contributed by atoms with van der Waals surface area (Å²) in [5, 5.41) is 8.60. The number of amides is 2. The van der Waals surface area contributed by atoms with Crippen LogP contribution < -0.4 is 20.7 Å². The van der Waals surface area contributed by atoms with Gasteiger partial charge in [-0.25, -0.2) is 8.42 Å². The molecule has 1 unspecified atom stereocenters. The minimum absolute atomic E-state index is 0.0977. The number of anilines is 1. The Labute approximate surface area is 220 Å². The van der Waals surface area contributed by atoms with E-state index < -0.39 is 28.1 Å². The van der Waals surface area contributed by atoms with Gasteiger partial charge in [0.25, 0.3) is 5.91 Å². The second-order valence-corrected chi connectivity index (χ2v) is 11.4. The van der Waals surface area contributed by atoms with Gasteiger partial charge in [-0.15, -0.1) is 13.2 Å². The molecular weight excluding hydrogens is 523 g/mol. The van der Waals surface area contributed by atoms with E-state index >= 15 is 0 Å². The van der Waals surface area contributed by atoms with Gasteiger partial charge in [-0.2, -0.15) is 0 Å². The molecule has 0 aromatic heterocycles. The third-order valence-corrected chi connectivity index (χ3v) is 7.43. The molecule has 3 N–H and O–H groups in total. The first-order chi connectivity index (χ1) is 17.9. The molecular formula is C26H32F3N3O5S. The van der Waals surface area contributed by atoms with Crippen molar-refractivity contribution in [2.45, 2.75) is 55.8 Å². The number of ether oxygens (including phenoxy) is 1. The molecule has 0 saturated heterocycles. The van der Waals surface area contributed by atoms with Crippen LogP contribution in [0.15, 0.2) is 53.4 Å². The average Bonchev–Trinajstić information content (AvgIpc) is 2.86. The van der Waals surface area contributed by atoms with Crippen LogP contribution in [-0.2, 0) is 14.6 Å². The number of benzene rings is 2. The number of nitrogens with one attached hydrogen (secondary N) is 3. The number of carbonyl (C=O) groups excluding carboxylic acids is 2. The Balaban J connectivity index is 1.55. The Morgan fingerprint density at radius 3 is 2.18 bits per heavy atom. The number of hydrogen-bond donors (Lipinski definition) is 3. The lowest BCUT2D eigenvalue weighted by atomic mass is 9.84. The molecule has 12 heteroatoms. The first-order valence-corrected chi connectivity index (χ1v) is 14.3. The Hall–Kier alpha value is -3.28. The van der Waals surface area contributed by atoms with Gasteiger partial charge >= 0.3 is 6.36 Å². The van der Waals surface area contributed by atoms with Crippen LogP contribution in [0.5, 0.6) is 5.75 Å². The molecule has 1 aliphatic rings. The van der Waals surface area contributed by atoms with Crippen LogP contribution in [-0.4, -0.2) is 52.0 Å². The van der Waals surface area contributed by atoms with E-state index in [1.54, 1.807) is 0 Å². The van der Waals surface area contributed by atoms with Gasteiger partial charge in [0.05, 0.1) is 4.90 Å². The van der Waals surface area contributed by atoms with Crippen molar-refractivity contribution < 1.29 is 35.9 Å². The SMILES string of the molecule is CS(=O)(=O)c1ccc(C(=O)NC(CC2CCCCC2)C(=O)NCCNc2ccc(OC(F)(F)F)cc2)cc1. The van der Waals surface area contributed by atoms with Crippen molar-refractivity contribution in [1.29, 1.82) is 0 Å². The number of alkyl halides is 3. The van der Waals surface area contributed by atoms with Crippen LogP contribution in [0, 0.1) is 5.92 Å². The van der Waals surface area contributed by atoms with Crippen LogP contribution >= 0.6 is 0 Å². The molecule has 1 atom stereocenters. The van der Waals surface area contributed by atoms with Crippen LogP contribution in [0.4, 0.5) is 18.9 Å². The van der Waals surface area contributed by atoms with Gasteiger partial charge in [0, 0.05) is 30.6 Å². The predicted molar refractivity (Wildman–Crippen MR) is 137 cm³/mol. The van der Waals surface area contributed by atoms with E-state index in [0.29, 0.717) is 24.6 Å². The van der Waals surface area contributed by atoms with E-state index in [0.717, 1.165) is 38.4 Å². The van der Waals surface area contributed by atoms with E-state index in [9.17, 15) is 31.2 Å². The summed E-state index contributed by atoms with van der Waals surface area (Å²) in [7, 11) is -3.40. The smallest absolute Gasteiger partial charge is 0.406 e. The normalized spacial score (nSPS) is 15.4. The lowest BCUT2D eigenvalue weighted by Gasteiger charge is -2.26. The summed E-state index contributed by atoms with van der Waals surface area (Å²) < 4.78 is 64.1. The zero-order valence-corrected chi connectivity index (χ0v) is 21.8. The summed E-state index contributed by atoms with van der Waals surface area (Å²) in [5.41, 5.74) is 0.803. The van der Waals surface area contributed by atoms with Crippen molar-refractivity contribution in [1.82, 2.24) is 10.6 Å². The third kappa shape index (κ3) is 9.55. The van der Waals surface area contributed by atoms with E-state index in [1.807, 2.05) is 0 Å². The van der Waals surface area contributed by atoms with E-state index in [1.165, 1.54) is 48.5 Å². The number of hydrogen-bond acceptors (Lipinski definition) is 6.